The summed E-state index contributed by atoms with van der Waals surface area (Å²) in [7, 11) is 0. The van der Waals surface area contributed by atoms with E-state index in [4.69, 9.17) is 0 Å². The monoisotopic (exact) mass is 263 g/mol. The van der Waals surface area contributed by atoms with Gasteiger partial charge >= 0.3 is 0 Å². The molecule has 1 aromatic heterocycles. The van der Waals surface area contributed by atoms with Gasteiger partial charge in [0.1, 0.15) is 0 Å². The van der Waals surface area contributed by atoms with E-state index in [-0.39, 0.29) is 5.91 Å². The van der Waals surface area contributed by atoms with E-state index in [1.165, 1.54) is 49.0 Å². The fourth-order valence-electron chi connectivity index (χ4n) is 3.21. The molecular formula is C15H21NOS. The number of hydrogen-bond donors (Lipinski definition) is 1. The summed E-state index contributed by atoms with van der Waals surface area (Å²) in [5, 5.41) is 3.25. The van der Waals surface area contributed by atoms with Crippen LogP contribution in [-0.2, 0) is 12.8 Å². The maximum Gasteiger partial charge on any atom is 0.261 e. The van der Waals surface area contributed by atoms with Crippen LogP contribution in [0.3, 0.4) is 0 Å². The van der Waals surface area contributed by atoms with E-state index in [1.807, 2.05) is 0 Å². The summed E-state index contributed by atoms with van der Waals surface area (Å²) in [6.45, 7) is 2.26. The van der Waals surface area contributed by atoms with Crippen LogP contribution < -0.4 is 5.32 Å². The van der Waals surface area contributed by atoms with Gasteiger partial charge in [0, 0.05) is 10.9 Å². The van der Waals surface area contributed by atoms with E-state index in [2.05, 4.69) is 18.3 Å². The zero-order valence-electron chi connectivity index (χ0n) is 11.0. The van der Waals surface area contributed by atoms with E-state index < -0.39 is 0 Å². The van der Waals surface area contributed by atoms with Crippen LogP contribution in [-0.4, -0.2) is 11.9 Å². The van der Waals surface area contributed by atoms with E-state index in [9.17, 15) is 4.79 Å². The van der Waals surface area contributed by atoms with Crippen LogP contribution in [0.2, 0.25) is 0 Å². The average Bonchev–Trinajstić information content (AvgIpc) is 2.92. The van der Waals surface area contributed by atoms with Crippen LogP contribution in [0.4, 0.5) is 0 Å². The van der Waals surface area contributed by atoms with Crippen molar-refractivity contribution in [3.8, 4) is 0 Å². The summed E-state index contributed by atoms with van der Waals surface area (Å²) < 4.78 is 0. The molecule has 98 valence electrons. The summed E-state index contributed by atoms with van der Waals surface area (Å²) in [4.78, 5) is 14.6. The van der Waals surface area contributed by atoms with E-state index in [0.717, 1.165) is 11.3 Å². The smallest absolute Gasteiger partial charge is 0.261 e. The standard InChI is InChI=1S/C15H21NOS/c1-10-5-2-3-7-12(10)16-15(17)14-9-11-6-4-8-13(11)18-14/h9-10,12H,2-8H2,1H3,(H,16,17)/t10-,12-/m1/s1. The van der Waals surface area contributed by atoms with Crippen molar-refractivity contribution in [3.05, 3.63) is 21.4 Å². The highest BCUT2D eigenvalue weighted by molar-refractivity contribution is 7.14. The average molecular weight is 263 g/mol. The van der Waals surface area contributed by atoms with Gasteiger partial charge in [-0.1, -0.05) is 19.8 Å². The van der Waals surface area contributed by atoms with Crippen molar-refractivity contribution >= 4 is 17.2 Å². The second kappa shape index (κ2) is 5.04. The predicted molar refractivity (Wildman–Crippen MR) is 75.2 cm³/mol. The van der Waals surface area contributed by atoms with Crippen LogP contribution in [0.1, 0.15) is 59.1 Å². The summed E-state index contributed by atoms with van der Waals surface area (Å²) in [6, 6.07) is 2.51. The van der Waals surface area contributed by atoms with E-state index in [1.54, 1.807) is 11.3 Å². The van der Waals surface area contributed by atoms with Crippen LogP contribution >= 0.6 is 11.3 Å². The summed E-state index contributed by atoms with van der Waals surface area (Å²) in [5.41, 5.74) is 1.42. The zero-order chi connectivity index (χ0) is 12.5. The second-order valence-corrected chi connectivity index (χ2v) is 6.89. The molecule has 1 amide bonds. The van der Waals surface area contributed by atoms with Crippen molar-refractivity contribution in [1.82, 2.24) is 5.32 Å². The van der Waals surface area contributed by atoms with E-state index in [0.29, 0.717) is 12.0 Å². The minimum absolute atomic E-state index is 0.160. The van der Waals surface area contributed by atoms with Crippen molar-refractivity contribution in [3.63, 3.8) is 0 Å². The summed E-state index contributed by atoms with van der Waals surface area (Å²) >= 11 is 1.71. The number of nitrogens with one attached hydrogen (secondary N) is 1. The van der Waals surface area contributed by atoms with Gasteiger partial charge in [-0.3, -0.25) is 4.79 Å². The molecule has 0 spiro atoms. The van der Waals surface area contributed by atoms with Gasteiger partial charge in [0.05, 0.1) is 4.88 Å². The lowest BCUT2D eigenvalue weighted by atomic mass is 9.86. The molecule has 0 aromatic carbocycles. The number of aryl methyl sites for hydroxylation is 2. The lowest BCUT2D eigenvalue weighted by Gasteiger charge is -2.29. The molecule has 2 nitrogen and oxygen atoms in total. The molecule has 0 bridgehead atoms. The number of thiophene rings is 1. The Morgan fingerprint density at radius 2 is 2.11 bits per heavy atom. The van der Waals surface area contributed by atoms with Crippen molar-refractivity contribution < 1.29 is 4.79 Å². The van der Waals surface area contributed by atoms with Crippen LogP contribution in [0.25, 0.3) is 0 Å². The first-order valence-electron chi connectivity index (χ1n) is 7.16. The van der Waals surface area contributed by atoms with Gasteiger partial charge in [-0.05, 0) is 49.7 Å². The molecule has 1 saturated carbocycles. The molecule has 2 atom stereocenters. The Kier molecular flexibility index (Phi) is 3.42. The number of amides is 1. The molecule has 1 heterocycles. The normalized spacial score (nSPS) is 26.9. The SMILES string of the molecule is C[C@@H]1CCCC[C@H]1NC(=O)c1cc2c(s1)CCC2. The molecule has 2 aliphatic rings. The quantitative estimate of drug-likeness (QED) is 0.868. The minimum Gasteiger partial charge on any atom is -0.348 e. The van der Waals surface area contributed by atoms with Gasteiger partial charge in [0.25, 0.3) is 5.91 Å². The Balaban J connectivity index is 1.66. The Morgan fingerprint density at radius 1 is 1.28 bits per heavy atom. The highest BCUT2D eigenvalue weighted by Crippen LogP contribution is 2.31. The fourth-order valence-corrected chi connectivity index (χ4v) is 4.37. The lowest BCUT2D eigenvalue weighted by Crippen LogP contribution is -2.40. The molecule has 0 aliphatic heterocycles. The molecule has 0 radical (unpaired) electrons. The van der Waals surface area contributed by atoms with Gasteiger partial charge in [0.2, 0.25) is 0 Å². The molecular weight excluding hydrogens is 242 g/mol. The van der Waals surface area contributed by atoms with Gasteiger partial charge in [0.15, 0.2) is 0 Å². The number of carbonyl (C=O) groups excluding carboxylic acids is 1. The number of rotatable bonds is 2. The number of fused-ring (bicyclic) bond motifs is 1. The minimum atomic E-state index is 0.160. The third-order valence-electron chi connectivity index (χ3n) is 4.40. The predicted octanol–water partition coefficient (Wildman–Crippen LogP) is 3.55. The first kappa shape index (κ1) is 12.2. The highest BCUT2D eigenvalue weighted by Gasteiger charge is 2.25. The number of hydrogen-bond acceptors (Lipinski definition) is 2. The Labute approximate surface area is 113 Å². The van der Waals surface area contributed by atoms with Crippen LogP contribution in [0.5, 0.6) is 0 Å². The van der Waals surface area contributed by atoms with Gasteiger partial charge in [-0.2, -0.15) is 0 Å². The Hall–Kier alpha value is -0.830. The van der Waals surface area contributed by atoms with Crippen molar-refractivity contribution in [2.45, 2.75) is 57.9 Å². The molecule has 2 aliphatic carbocycles. The molecule has 0 unspecified atom stereocenters. The van der Waals surface area contributed by atoms with Gasteiger partial charge in [-0.25, -0.2) is 0 Å². The lowest BCUT2D eigenvalue weighted by molar-refractivity contribution is 0.0914. The molecule has 1 N–H and O–H groups in total. The maximum absolute atomic E-state index is 12.3. The van der Waals surface area contributed by atoms with Crippen molar-refractivity contribution in [1.29, 1.82) is 0 Å². The maximum atomic E-state index is 12.3. The van der Waals surface area contributed by atoms with Crippen molar-refractivity contribution in [2.24, 2.45) is 5.92 Å². The highest BCUT2D eigenvalue weighted by atomic mass is 32.1. The van der Waals surface area contributed by atoms with Crippen LogP contribution in [0, 0.1) is 5.92 Å². The number of carbonyl (C=O) groups is 1. The Morgan fingerprint density at radius 3 is 2.89 bits per heavy atom. The first-order valence-corrected chi connectivity index (χ1v) is 7.98. The third-order valence-corrected chi connectivity index (χ3v) is 5.63. The third kappa shape index (κ3) is 2.33. The summed E-state index contributed by atoms with van der Waals surface area (Å²) in [6.07, 6.45) is 8.59. The molecule has 3 rings (SSSR count). The molecule has 1 fully saturated rings. The molecule has 3 heteroatoms. The first-order chi connectivity index (χ1) is 8.74. The summed E-state index contributed by atoms with van der Waals surface area (Å²) in [5.74, 6) is 0.794. The fraction of sp³-hybridized carbons (Fsp3) is 0.667. The molecule has 0 saturated heterocycles. The Bertz CT molecular complexity index is 430. The zero-order valence-corrected chi connectivity index (χ0v) is 11.8. The van der Waals surface area contributed by atoms with E-state index >= 15 is 0 Å². The molecule has 18 heavy (non-hydrogen) atoms. The second-order valence-electron chi connectivity index (χ2n) is 5.75. The largest absolute Gasteiger partial charge is 0.348 e. The topological polar surface area (TPSA) is 29.1 Å². The molecule has 1 aromatic rings. The van der Waals surface area contributed by atoms with Gasteiger partial charge < -0.3 is 5.32 Å². The van der Waals surface area contributed by atoms with Gasteiger partial charge in [-0.15, -0.1) is 11.3 Å². The van der Waals surface area contributed by atoms with Crippen LogP contribution in [0.15, 0.2) is 6.07 Å². The van der Waals surface area contributed by atoms with Crippen molar-refractivity contribution in [2.75, 3.05) is 0 Å².